The molecule has 0 aromatic heterocycles. The molecule has 2 aromatic carbocycles. The highest BCUT2D eigenvalue weighted by Crippen LogP contribution is 2.25. The zero-order chi connectivity index (χ0) is 18.8. The second-order valence-corrected chi connectivity index (χ2v) is 5.65. The number of rotatable bonds is 3. The summed E-state index contributed by atoms with van der Waals surface area (Å²) < 4.78 is 13.1. The largest absolute Gasteiger partial charge is 0.380 e. The first-order chi connectivity index (χ1) is 12.1. The second kappa shape index (κ2) is 10.5. The summed E-state index contributed by atoms with van der Waals surface area (Å²) in [5.41, 5.74) is 4.46. The van der Waals surface area contributed by atoms with Gasteiger partial charge in [-0.25, -0.2) is 4.39 Å². The van der Waals surface area contributed by atoms with E-state index in [1.54, 1.807) is 6.07 Å². The second-order valence-electron chi connectivity index (χ2n) is 5.65. The van der Waals surface area contributed by atoms with Crippen LogP contribution in [0.2, 0.25) is 0 Å². The van der Waals surface area contributed by atoms with Gasteiger partial charge in [-0.1, -0.05) is 52.3 Å². The number of nitrogens with one attached hydrogen (secondary N) is 2. The first kappa shape index (κ1) is 20.7. The van der Waals surface area contributed by atoms with Gasteiger partial charge in [0.25, 0.3) is 5.91 Å². The molecule has 0 spiro atoms. The van der Waals surface area contributed by atoms with Crippen LogP contribution in [-0.4, -0.2) is 5.91 Å². The topological polar surface area (TPSA) is 41.1 Å². The Balaban J connectivity index is 0.000000567. The minimum Gasteiger partial charge on any atom is -0.380 e. The molecule has 1 amide bonds. The summed E-state index contributed by atoms with van der Waals surface area (Å²) in [6.45, 7) is 11.3. The first-order valence-corrected chi connectivity index (χ1v) is 8.95. The van der Waals surface area contributed by atoms with Gasteiger partial charge in [-0.2, -0.15) is 0 Å². The summed E-state index contributed by atoms with van der Waals surface area (Å²) in [4.78, 5) is 11.8. The van der Waals surface area contributed by atoms with Crippen molar-refractivity contribution in [3.63, 3.8) is 0 Å². The zero-order valence-electron chi connectivity index (χ0n) is 15.9. The highest BCUT2D eigenvalue weighted by atomic mass is 19.1. The lowest BCUT2D eigenvalue weighted by atomic mass is 10.1. The molecule has 0 fully saturated rings. The minimum atomic E-state index is -0.230. The van der Waals surface area contributed by atoms with E-state index in [1.807, 2.05) is 39.0 Å². The zero-order valence-corrected chi connectivity index (χ0v) is 15.9. The Morgan fingerprint density at radius 1 is 1.16 bits per heavy atom. The van der Waals surface area contributed by atoms with E-state index in [1.165, 1.54) is 18.6 Å². The van der Waals surface area contributed by atoms with E-state index >= 15 is 0 Å². The predicted molar refractivity (Wildman–Crippen MR) is 103 cm³/mol. The Bertz CT molecular complexity index is 698. The van der Waals surface area contributed by atoms with Gasteiger partial charge in [-0.3, -0.25) is 4.79 Å². The van der Waals surface area contributed by atoms with Gasteiger partial charge in [0.2, 0.25) is 0 Å². The van der Waals surface area contributed by atoms with Crippen molar-refractivity contribution >= 4 is 11.6 Å². The van der Waals surface area contributed by atoms with Crippen LogP contribution in [0.15, 0.2) is 36.4 Å². The van der Waals surface area contributed by atoms with Crippen molar-refractivity contribution < 1.29 is 9.18 Å². The highest BCUT2D eigenvalue weighted by Gasteiger charge is 2.21. The minimum absolute atomic E-state index is 0.0427. The molecular weight excluding hydrogens is 315 g/mol. The van der Waals surface area contributed by atoms with E-state index in [2.05, 4.69) is 24.5 Å². The third kappa shape index (κ3) is 5.59. The molecule has 0 unspecified atom stereocenters. The predicted octanol–water partition coefficient (Wildman–Crippen LogP) is 5.43. The fraction of sp³-hybridized carbons (Fsp3) is 0.381. The van der Waals surface area contributed by atoms with Crippen molar-refractivity contribution in [2.75, 3.05) is 5.32 Å². The standard InChI is InChI=1S/C16H15FN2O.C3H8.C2H6/c1-10-7-13(17)6-5-11(10)8-18-14-4-2-3-12-9-19-16(20)15(12)14;1-3-2;1-2/h2-7,18H,8-9H2,1H3,(H,19,20);3H2,1-2H3;1-2H3. The maximum Gasteiger partial charge on any atom is 0.253 e. The maximum absolute atomic E-state index is 13.1. The van der Waals surface area contributed by atoms with Crippen LogP contribution >= 0.6 is 0 Å². The number of carbonyl (C=O) groups is 1. The van der Waals surface area contributed by atoms with Crippen molar-refractivity contribution in [3.05, 3.63) is 64.5 Å². The third-order valence-electron chi connectivity index (χ3n) is 3.59. The molecule has 3 nitrogen and oxygen atoms in total. The van der Waals surface area contributed by atoms with Gasteiger partial charge in [-0.05, 0) is 41.8 Å². The summed E-state index contributed by atoms with van der Waals surface area (Å²) >= 11 is 0. The van der Waals surface area contributed by atoms with E-state index < -0.39 is 0 Å². The number of fused-ring (bicyclic) bond motifs is 1. The Kier molecular flexibility index (Phi) is 8.68. The van der Waals surface area contributed by atoms with Crippen LogP contribution in [0.4, 0.5) is 10.1 Å². The number of benzene rings is 2. The normalized spacial score (nSPS) is 11.4. The molecule has 0 radical (unpaired) electrons. The summed E-state index contributed by atoms with van der Waals surface area (Å²) in [6, 6.07) is 10.5. The van der Waals surface area contributed by atoms with Gasteiger partial charge in [-0.15, -0.1) is 0 Å². The van der Waals surface area contributed by atoms with Crippen LogP contribution in [0.1, 0.15) is 61.2 Å². The maximum atomic E-state index is 13.1. The fourth-order valence-corrected chi connectivity index (χ4v) is 2.47. The number of hydrogen-bond donors (Lipinski definition) is 2. The van der Waals surface area contributed by atoms with Crippen molar-refractivity contribution in [2.24, 2.45) is 0 Å². The molecule has 136 valence electrons. The van der Waals surface area contributed by atoms with Gasteiger partial charge >= 0.3 is 0 Å². The SMILES string of the molecule is CC.CCC.Cc1cc(F)ccc1CNc1cccc2c1C(=O)NC2. The smallest absolute Gasteiger partial charge is 0.253 e. The number of carbonyl (C=O) groups excluding carboxylic acids is 1. The monoisotopic (exact) mass is 344 g/mol. The average Bonchev–Trinajstić information content (AvgIpc) is 2.99. The van der Waals surface area contributed by atoms with E-state index in [0.29, 0.717) is 18.7 Å². The molecule has 0 saturated heterocycles. The number of hydrogen-bond acceptors (Lipinski definition) is 2. The molecule has 0 saturated carbocycles. The molecular formula is C21H29FN2O. The van der Waals surface area contributed by atoms with Gasteiger partial charge in [0, 0.05) is 18.8 Å². The Morgan fingerprint density at radius 3 is 2.48 bits per heavy atom. The van der Waals surface area contributed by atoms with Crippen LogP contribution in [0.5, 0.6) is 0 Å². The Morgan fingerprint density at radius 2 is 1.84 bits per heavy atom. The molecule has 3 rings (SSSR count). The molecule has 4 heteroatoms. The number of aryl methyl sites for hydroxylation is 1. The average molecular weight is 344 g/mol. The lowest BCUT2D eigenvalue weighted by molar-refractivity contribution is 0.0966. The molecule has 25 heavy (non-hydrogen) atoms. The van der Waals surface area contributed by atoms with Gasteiger partial charge in [0.05, 0.1) is 5.56 Å². The van der Waals surface area contributed by atoms with E-state index in [-0.39, 0.29) is 11.7 Å². The van der Waals surface area contributed by atoms with Crippen molar-refractivity contribution in [2.45, 2.75) is 54.1 Å². The fourth-order valence-electron chi connectivity index (χ4n) is 2.47. The van der Waals surface area contributed by atoms with Crippen molar-refractivity contribution in [1.29, 1.82) is 0 Å². The number of amides is 1. The third-order valence-corrected chi connectivity index (χ3v) is 3.59. The van der Waals surface area contributed by atoms with Crippen molar-refractivity contribution in [1.82, 2.24) is 5.32 Å². The number of anilines is 1. The highest BCUT2D eigenvalue weighted by molar-refractivity contribution is 6.03. The Labute approximate surface area is 150 Å². The van der Waals surface area contributed by atoms with E-state index in [4.69, 9.17) is 0 Å². The molecule has 0 atom stereocenters. The molecule has 0 aliphatic carbocycles. The van der Waals surface area contributed by atoms with Crippen LogP contribution in [0.25, 0.3) is 0 Å². The number of halogens is 1. The van der Waals surface area contributed by atoms with Crippen LogP contribution < -0.4 is 10.6 Å². The van der Waals surface area contributed by atoms with Crippen LogP contribution in [0.3, 0.4) is 0 Å². The summed E-state index contributed by atoms with van der Waals surface area (Å²) in [5, 5.41) is 6.08. The molecule has 2 N–H and O–H groups in total. The molecule has 1 heterocycles. The lowest BCUT2D eigenvalue weighted by Gasteiger charge is -2.11. The van der Waals surface area contributed by atoms with Gasteiger partial charge in [0.15, 0.2) is 0 Å². The van der Waals surface area contributed by atoms with Crippen LogP contribution in [0, 0.1) is 12.7 Å². The van der Waals surface area contributed by atoms with Gasteiger partial charge in [0.1, 0.15) is 5.82 Å². The lowest BCUT2D eigenvalue weighted by Crippen LogP contribution is -2.14. The van der Waals surface area contributed by atoms with E-state index in [0.717, 1.165) is 22.4 Å². The quantitative estimate of drug-likeness (QED) is 0.779. The molecule has 2 aromatic rings. The first-order valence-electron chi connectivity index (χ1n) is 8.95. The Hall–Kier alpha value is -2.36. The summed E-state index contributed by atoms with van der Waals surface area (Å²) in [7, 11) is 0. The summed E-state index contributed by atoms with van der Waals surface area (Å²) in [5.74, 6) is -0.273. The summed E-state index contributed by atoms with van der Waals surface area (Å²) in [6.07, 6.45) is 1.25. The molecule has 1 aliphatic rings. The van der Waals surface area contributed by atoms with Crippen molar-refractivity contribution in [3.8, 4) is 0 Å². The molecule has 1 aliphatic heterocycles. The van der Waals surface area contributed by atoms with Gasteiger partial charge < -0.3 is 10.6 Å². The van der Waals surface area contributed by atoms with E-state index in [9.17, 15) is 9.18 Å². The van der Waals surface area contributed by atoms with Crippen LogP contribution in [-0.2, 0) is 13.1 Å². The molecule has 0 bridgehead atoms.